The fraction of sp³-hybridized carbons (Fsp3) is 0.571. The Bertz CT molecular complexity index is 1200. The minimum absolute atomic E-state index is 0.00991. The van der Waals surface area contributed by atoms with Gasteiger partial charge in [0.25, 0.3) is 0 Å². The topological polar surface area (TPSA) is 93.7 Å². The lowest BCUT2D eigenvalue weighted by molar-refractivity contribution is -0.185. The first kappa shape index (κ1) is 25.8. The minimum atomic E-state index is 0.00991. The number of likely N-dealkylation sites (N-methyl/N-ethyl adjacent to an activating group) is 1. The van der Waals surface area contributed by atoms with Crippen LogP contribution in [-0.2, 0) is 17.8 Å². The zero-order valence-electron chi connectivity index (χ0n) is 22.5. The quantitative estimate of drug-likeness (QED) is 0.381. The van der Waals surface area contributed by atoms with Crippen LogP contribution in [0.15, 0.2) is 30.5 Å². The first-order valence-electron chi connectivity index (χ1n) is 13.6. The van der Waals surface area contributed by atoms with E-state index >= 15 is 0 Å². The van der Waals surface area contributed by atoms with Crippen LogP contribution in [0.4, 0.5) is 11.8 Å². The SMILES string of the molecule is CCCCCNc1nc(N)nc2ccn(Cc3cc(CN4CC5(CN(CC)CCO5)C4)ccc3OC)c12. The molecule has 9 heteroatoms. The van der Waals surface area contributed by atoms with Gasteiger partial charge in [0.15, 0.2) is 5.82 Å². The van der Waals surface area contributed by atoms with E-state index in [1.807, 2.05) is 6.07 Å². The molecule has 0 atom stereocenters. The first-order valence-corrected chi connectivity index (χ1v) is 13.6. The molecule has 2 aliphatic rings. The van der Waals surface area contributed by atoms with Crippen LogP contribution >= 0.6 is 0 Å². The molecule has 0 unspecified atom stereocenters. The highest BCUT2D eigenvalue weighted by atomic mass is 16.5. The second-order valence-corrected chi connectivity index (χ2v) is 10.4. The average Bonchev–Trinajstić information content (AvgIpc) is 3.28. The van der Waals surface area contributed by atoms with E-state index in [9.17, 15) is 0 Å². The second-order valence-electron chi connectivity index (χ2n) is 10.4. The molecule has 1 aromatic carbocycles. The molecule has 3 N–H and O–H groups in total. The number of nitrogens with zero attached hydrogens (tertiary/aromatic N) is 5. The van der Waals surface area contributed by atoms with Gasteiger partial charge in [-0.3, -0.25) is 9.80 Å². The number of nitrogens with one attached hydrogen (secondary N) is 1. The van der Waals surface area contributed by atoms with Crippen molar-refractivity contribution >= 4 is 22.8 Å². The summed E-state index contributed by atoms with van der Waals surface area (Å²) in [5.74, 6) is 1.96. The maximum absolute atomic E-state index is 6.20. The number of anilines is 2. The molecule has 5 rings (SSSR count). The highest BCUT2D eigenvalue weighted by molar-refractivity contribution is 5.87. The number of hydrogen-bond acceptors (Lipinski definition) is 8. The number of nitrogens with two attached hydrogens (primary N) is 1. The maximum atomic E-state index is 6.20. The predicted molar refractivity (Wildman–Crippen MR) is 148 cm³/mol. The molecule has 0 radical (unpaired) electrons. The Hall–Kier alpha value is -2.88. The van der Waals surface area contributed by atoms with Crippen LogP contribution in [0.1, 0.15) is 44.2 Å². The monoisotopic (exact) mass is 507 g/mol. The van der Waals surface area contributed by atoms with Crippen LogP contribution in [0, 0.1) is 0 Å². The molecule has 2 aromatic heterocycles. The zero-order valence-corrected chi connectivity index (χ0v) is 22.5. The molecule has 37 heavy (non-hydrogen) atoms. The van der Waals surface area contributed by atoms with Gasteiger partial charge in [0, 0.05) is 51.0 Å². The van der Waals surface area contributed by atoms with Gasteiger partial charge in [0.2, 0.25) is 5.95 Å². The Balaban J connectivity index is 1.31. The van der Waals surface area contributed by atoms with Gasteiger partial charge in [0.1, 0.15) is 16.9 Å². The molecule has 1 spiro atoms. The van der Waals surface area contributed by atoms with E-state index in [0.717, 1.165) is 87.0 Å². The minimum Gasteiger partial charge on any atom is -0.496 e. The summed E-state index contributed by atoms with van der Waals surface area (Å²) in [6, 6.07) is 8.53. The predicted octanol–water partition coefficient (Wildman–Crippen LogP) is 3.58. The molecule has 2 fully saturated rings. The third-order valence-electron chi connectivity index (χ3n) is 7.59. The van der Waals surface area contributed by atoms with Crippen molar-refractivity contribution in [3.8, 4) is 5.75 Å². The van der Waals surface area contributed by atoms with E-state index in [1.54, 1.807) is 7.11 Å². The highest BCUT2D eigenvalue weighted by Gasteiger charge is 2.46. The van der Waals surface area contributed by atoms with E-state index in [-0.39, 0.29) is 5.60 Å². The fourth-order valence-corrected chi connectivity index (χ4v) is 5.72. The average molecular weight is 508 g/mol. The van der Waals surface area contributed by atoms with Gasteiger partial charge in [0.05, 0.1) is 25.8 Å². The normalized spacial score (nSPS) is 17.8. The number of morpholine rings is 1. The van der Waals surface area contributed by atoms with Gasteiger partial charge in [-0.1, -0.05) is 32.8 Å². The summed E-state index contributed by atoms with van der Waals surface area (Å²) >= 11 is 0. The molecule has 200 valence electrons. The molecule has 4 heterocycles. The van der Waals surface area contributed by atoms with Crippen LogP contribution in [0.5, 0.6) is 5.75 Å². The molecule has 0 saturated carbocycles. The number of nitrogen functional groups attached to an aromatic ring is 1. The van der Waals surface area contributed by atoms with E-state index in [0.29, 0.717) is 12.5 Å². The summed E-state index contributed by atoms with van der Waals surface area (Å²) in [6.07, 6.45) is 5.51. The highest BCUT2D eigenvalue weighted by Crippen LogP contribution is 2.32. The number of rotatable bonds is 11. The van der Waals surface area contributed by atoms with Gasteiger partial charge >= 0.3 is 0 Å². The number of fused-ring (bicyclic) bond motifs is 1. The summed E-state index contributed by atoms with van der Waals surface area (Å²) in [5.41, 5.74) is 10.2. The molecule has 2 saturated heterocycles. The Morgan fingerprint density at radius 2 is 1.92 bits per heavy atom. The summed E-state index contributed by atoms with van der Waals surface area (Å²) in [4.78, 5) is 14.0. The molecular formula is C28H41N7O2. The van der Waals surface area contributed by atoms with Crippen LogP contribution in [0.3, 0.4) is 0 Å². The number of aromatic nitrogens is 3. The lowest BCUT2D eigenvalue weighted by atomic mass is 9.91. The summed E-state index contributed by atoms with van der Waals surface area (Å²) in [7, 11) is 1.73. The van der Waals surface area contributed by atoms with E-state index < -0.39 is 0 Å². The Morgan fingerprint density at radius 1 is 1.08 bits per heavy atom. The molecule has 0 bridgehead atoms. The molecule has 3 aromatic rings. The van der Waals surface area contributed by atoms with Gasteiger partial charge in [-0.15, -0.1) is 0 Å². The third-order valence-corrected chi connectivity index (χ3v) is 7.59. The van der Waals surface area contributed by atoms with Crippen LogP contribution in [0.2, 0.25) is 0 Å². The first-order chi connectivity index (χ1) is 18.0. The summed E-state index contributed by atoms with van der Waals surface area (Å²) in [6.45, 7) is 12.8. The summed E-state index contributed by atoms with van der Waals surface area (Å²) < 4.78 is 14.1. The largest absolute Gasteiger partial charge is 0.496 e. The van der Waals surface area contributed by atoms with E-state index in [1.165, 1.54) is 18.4 Å². The smallest absolute Gasteiger partial charge is 0.222 e. The van der Waals surface area contributed by atoms with Crippen LogP contribution < -0.4 is 15.8 Å². The Kier molecular flexibility index (Phi) is 7.83. The number of ether oxygens (including phenoxy) is 2. The lowest BCUT2D eigenvalue weighted by Crippen LogP contribution is -2.69. The fourth-order valence-electron chi connectivity index (χ4n) is 5.72. The summed E-state index contributed by atoms with van der Waals surface area (Å²) in [5, 5.41) is 3.49. The molecule has 0 aliphatic carbocycles. The molecular weight excluding hydrogens is 466 g/mol. The number of unbranched alkanes of at least 4 members (excludes halogenated alkanes) is 2. The Labute approximate surface area is 219 Å². The van der Waals surface area contributed by atoms with Crippen molar-refractivity contribution in [2.24, 2.45) is 0 Å². The maximum Gasteiger partial charge on any atom is 0.222 e. The van der Waals surface area contributed by atoms with Crippen molar-refractivity contribution in [1.29, 1.82) is 0 Å². The van der Waals surface area contributed by atoms with Crippen molar-refractivity contribution in [3.05, 3.63) is 41.6 Å². The van der Waals surface area contributed by atoms with Crippen molar-refractivity contribution in [2.45, 2.75) is 51.8 Å². The van der Waals surface area contributed by atoms with Crippen molar-refractivity contribution in [2.75, 3.05) is 64.0 Å². The van der Waals surface area contributed by atoms with Gasteiger partial charge in [-0.2, -0.15) is 4.98 Å². The molecule has 2 aliphatic heterocycles. The number of benzene rings is 1. The third kappa shape index (κ3) is 5.68. The number of methoxy groups -OCH3 is 1. The van der Waals surface area contributed by atoms with E-state index in [4.69, 9.17) is 15.2 Å². The Morgan fingerprint density at radius 3 is 2.70 bits per heavy atom. The van der Waals surface area contributed by atoms with Crippen molar-refractivity contribution in [3.63, 3.8) is 0 Å². The van der Waals surface area contributed by atoms with E-state index in [2.05, 4.69) is 67.9 Å². The standard InChI is InChI=1S/C28H41N7O2/c1-4-6-7-11-30-26-25-23(31-27(29)32-26)10-12-35(25)17-22-15-21(8-9-24(22)36-3)16-34-19-28(20-34)18-33(5-2)13-14-37-28/h8-10,12,15H,4-7,11,13-14,16-20H2,1-3H3,(H3,29,30,31,32). The lowest BCUT2D eigenvalue weighted by Gasteiger charge is -2.54. The number of hydrogen-bond donors (Lipinski definition) is 2. The zero-order chi connectivity index (χ0) is 25.8. The van der Waals surface area contributed by atoms with Crippen molar-refractivity contribution in [1.82, 2.24) is 24.3 Å². The van der Waals surface area contributed by atoms with Gasteiger partial charge in [-0.05, 0) is 36.7 Å². The second kappa shape index (κ2) is 11.2. The number of likely N-dealkylation sites (tertiary alicyclic amines) is 1. The van der Waals surface area contributed by atoms with Crippen molar-refractivity contribution < 1.29 is 9.47 Å². The molecule has 0 amide bonds. The van der Waals surface area contributed by atoms with Gasteiger partial charge in [-0.25, -0.2) is 4.98 Å². The molecule has 9 nitrogen and oxygen atoms in total. The van der Waals surface area contributed by atoms with Crippen LogP contribution in [-0.4, -0.2) is 82.9 Å². The van der Waals surface area contributed by atoms with Crippen LogP contribution in [0.25, 0.3) is 11.0 Å². The van der Waals surface area contributed by atoms with Gasteiger partial charge < -0.3 is 25.1 Å².